The van der Waals surface area contributed by atoms with Crippen LogP contribution in [-0.4, -0.2) is 0 Å². The molecule has 0 saturated heterocycles. The second-order valence-electron chi connectivity index (χ2n) is 7.94. The van der Waals surface area contributed by atoms with E-state index in [0.717, 1.165) is 0 Å². The fourth-order valence-electron chi connectivity index (χ4n) is 4.12. The molecule has 0 atom stereocenters. The maximum absolute atomic E-state index is 2.55. The Morgan fingerprint density at radius 3 is 1.96 bits per heavy atom. The van der Waals surface area contributed by atoms with Gasteiger partial charge in [0.15, 0.2) is 0 Å². The Kier molecular flexibility index (Phi) is 8.09. The predicted molar refractivity (Wildman–Crippen MR) is 108 cm³/mol. The Labute approximate surface area is 150 Å². The van der Waals surface area contributed by atoms with E-state index >= 15 is 0 Å². The van der Waals surface area contributed by atoms with Crippen molar-refractivity contribution in [2.75, 3.05) is 0 Å². The molecule has 0 unspecified atom stereocenters. The van der Waals surface area contributed by atoms with Crippen LogP contribution in [0, 0.1) is 0 Å². The Balaban J connectivity index is 1.96. The summed E-state index contributed by atoms with van der Waals surface area (Å²) in [6.07, 6.45) is 21.0. The summed E-state index contributed by atoms with van der Waals surface area (Å²) < 4.78 is 0. The average molecular weight is 327 g/mol. The van der Waals surface area contributed by atoms with E-state index in [-0.39, 0.29) is 0 Å². The summed E-state index contributed by atoms with van der Waals surface area (Å²) in [5.41, 5.74) is 9.79. The molecule has 0 aliphatic heterocycles. The van der Waals surface area contributed by atoms with Gasteiger partial charge in [-0.2, -0.15) is 0 Å². The lowest BCUT2D eigenvalue weighted by molar-refractivity contribution is 0.667. The lowest BCUT2D eigenvalue weighted by Gasteiger charge is -2.09. The second-order valence-corrected chi connectivity index (χ2v) is 7.94. The third-order valence-electron chi connectivity index (χ3n) is 5.60. The molecule has 0 radical (unpaired) electrons. The first kappa shape index (κ1) is 19.3. The van der Waals surface area contributed by atoms with Gasteiger partial charge in [0.1, 0.15) is 0 Å². The van der Waals surface area contributed by atoms with E-state index in [1.807, 2.05) is 0 Å². The topological polar surface area (TPSA) is 0 Å². The van der Waals surface area contributed by atoms with Gasteiger partial charge in [0.25, 0.3) is 0 Å². The normalized spacial score (nSPS) is 17.8. The van der Waals surface area contributed by atoms with Gasteiger partial charge in [-0.25, -0.2) is 0 Å². The van der Waals surface area contributed by atoms with E-state index in [2.05, 4.69) is 39.8 Å². The molecule has 24 heavy (non-hydrogen) atoms. The zero-order chi connectivity index (χ0) is 17.4. The monoisotopic (exact) mass is 326 g/mol. The Hall–Kier alpha value is -1.04. The lowest BCUT2D eigenvalue weighted by atomic mass is 9.95. The minimum atomic E-state index is 1.20. The summed E-state index contributed by atoms with van der Waals surface area (Å²) in [6, 6.07) is 0. The van der Waals surface area contributed by atoms with Gasteiger partial charge in [0, 0.05) is 0 Å². The fraction of sp³-hybridized carbons (Fsp3) is 0.667. The Morgan fingerprint density at radius 1 is 0.708 bits per heavy atom. The number of hydrogen-bond acceptors (Lipinski definition) is 0. The van der Waals surface area contributed by atoms with Crippen molar-refractivity contribution in [3.8, 4) is 0 Å². The van der Waals surface area contributed by atoms with Crippen LogP contribution in [0.3, 0.4) is 0 Å². The molecule has 0 amide bonds. The van der Waals surface area contributed by atoms with Crippen LogP contribution in [-0.2, 0) is 0 Å². The SMILES string of the molecule is CCCCCCC1=C(C)CC(C2=C(CCCCCC)C=C(C)C2)=C1. The van der Waals surface area contributed by atoms with Gasteiger partial charge in [-0.15, -0.1) is 0 Å². The molecule has 0 heterocycles. The van der Waals surface area contributed by atoms with Crippen LogP contribution in [0.15, 0.2) is 45.6 Å². The highest BCUT2D eigenvalue weighted by atomic mass is 14.3. The van der Waals surface area contributed by atoms with Crippen molar-refractivity contribution in [1.82, 2.24) is 0 Å². The van der Waals surface area contributed by atoms with Crippen LogP contribution in [0.5, 0.6) is 0 Å². The second kappa shape index (κ2) is 10.1. The Morgan fingerprint density at radius 2 is 1.33 bits per heavy atom. The van der Waals surface area contributed by atoms with Crippen molar-refractivity contribution in [3.63, 3.8) is 0 Å². The van der Waals surface area contributed by atoms with Crippen molar-refractivity contribution >= 4 is 0 Å². The zero-order valence-electron chi connectivity index (χ0n) is 16.6. The molecule has 0 aromatic carbocycles. The molecule has 0 saturated carbocycles. The third-order valence-corrected chi connectivity index (χ3v) is 5.60. The van der Waals surface area contributed by atoms with Crippen molar-refractivity contribution in [1.29, 1.82) is 0 Å². The third kappa shape index (κ3) is 5.50. The van der Waals surface area contributed by atoms with E-state index in [1.54, 1.807) is 33.4 Å². The molecule has 0 aromatic heterocycles. The average Bonchev–Trinajstić information content (AvgIpc) is 3.11. The molecule has 0 fully saturated rings. The minimum Gasteiger partial charge on any atom is -0.0686 e. The van der Waals surface area contributed by atoms with Crippen LogP contribution >= 0.6 is 0 Å². The molecule has 2 aliphatic rings. The summed E-state index contributed by atoms with van der Waals surface area (Å²) in [5, 5.41) is 0. The van der Waals surface area contributed by atoms with Gasteiger partial charge in [-0.3, -0.25) is 0 Å². The predicted octanol–water partition coefficient (Wildman–Crippen LogP) is 8.22. The first-order valence-corrected chi connectivity index (χ1v) is 10.4. The quantitative estimate of drug-likeness (QED) is 0.335. The van der Waals surface area contributed by atoms with Crippen LogP contribution < -0.4 is 0 Å². The van der Waals surface area contributed by atoms with Crippen molar-refractivity contribution in [2.24, 2.45) is 0 Å². The van der Waals surface area contributed by atoms with Gasteiger partial charge >= 0.3 is 0 Å². The molecule has 134 valence electrons. The van der Waals surface area contributed by atoms with Crippen molar-refractivity contribution in [2.45, 2.75) is 105 Å². The molecule has 0 aromatic rings. The highest BCUT2D eigenvalue weighted by molar-refractivity contribution is 5.55. The fourth-order valence-corrected chi connectivity index (χ4v) is 4.12. The summed E-state index contributed by atoms with van der Waals surface area (Å²) in [4.78, 5) is 0. The van der Waals surface area contributed by atoms with Gasteiger partial charge in [-0.05, 0) is 74.7 Å². The van der Waals surface area contributed by atoms with Crippen LogP contribution in [0.25, 0.3) is 0 Å². The van der Waals surface area contributed by atoms with Crippen molar-refractivity contribution in [3.05, 3.63) is 45.6 Å². The van der Waals surface area contributed by atoms with E-state index in [1.165, 1.54) is 77.0 Å². The van der Waals surface area contributed by atoms with Gasteiger partial charge in [0.05, 0.1) is 0 Å². The maximum atomic E-state index is 2.55. The lowest BCUT2D eigenvalue weighted by Crippen LogP contribution is -1.91. The van der Waals surface area contributed by atoms with E-state index in [0.29, 0.717) is 0 Å². The molecule has 0 bridgehead atoms. The first-order chi connectivity index (χ1) is 11.7. The molecular weight excluding hydrogens is 288 g/mol. The number of unbranched alkanes of at least 4 members (excludes halogenated alkanes) is 6. The van der Waals surface area contributed by atoms with Gasteiger partial charge in [-0.1, -0.05) is 75.7 Å². The molecule has 0 N–H and O–H groups in total. The van der Waals surface area contributed by atoms with Crippen LogP contribution in [0.4, 0.5) is 0 Å². The summed E-state index contributed by atoms with van der Waals surface area (Å²) in [6.45, 7) is 9.25. The highest BCUT2D eigenvalue weighted by Gasteiger charge is 2.21. The Bertz CT molecular complexity index is 536. The summed E-state index contributed by atoms with van der Waals surface area (Å²) >= 11 is 0. The van der Waals surface area contributed by atoms with Gasteiger partial charge in [0.2, 0.25) is 0 Å². The molecular formula is C24H38. The minimum absolute atomic E-state index is 1.20. The zero-order valence-corrected chi connectivity index (χ0v) is 16.6. The summed E-state index contributed by atoms with van der Waals surface area (Å²) in [7, 11) is 0. The number of rotatable bonds is 11. The summed E-state index contributed by atoms with van der Waals surface area (Å²) in [5.74, 6) is 0. The first-order valence-electron chi connectivity index (χ1n) is 10.4. The van der Waals surface area contributed by atoms with Crippen LogP contribution in [0.1, 0.15) is 105 Å². The largest absolute Gasteiger partial charge is 0.0686 e. The highest BCUT2D eigenvalue weighted by Crippen LogP contribution is 2.40. The molecule has 0 heteroatoms. The standard InChI is InChI=1S/C24H38/c1-5-7-9-11-13-21-18-23(17-20(21)4)24-16-19(3)15-22(24)14-12-10-8-6-2/h15,18H,5-14,16-17H2,1-4H3. The van der Waals surface area contributed by atoms with Crippen LogP contribution in [0.2, 0.25) is 0 Å². The number of hydrogen-bond donors (Lipinski definition) is 0. The molecule has 2 rings (SSSR count). The van der Waals surface area contributed by atoms with E-state index in [4.69, 9.17) is 0 Å². The molecule has 2 aliphatic carbocycles. The molecule has 0 nitrogen and oxygen atoms in total. The number of allylic oxidation sites excluding steroid dienone is 8. The van der Waals surface area contributed by atoms with Gasteiger partial charge < -0.3 is 0 Å². The molecule has 0 spiro atoms. The van der Waals surface area contributed by atoms with E-state index < -0.39 is 0 Å². The van der Waals surface area contributed by atoms with E-state index in [9.17, 15) is 0 Å². The smallest absolute Gasteiger partial charge is 0.00610 e. The van der Waals surface area contributed by atoms with Crippen molar-refractivity contribution < 1.29 is 0 Å². The maximum Gasteiger partial charge on any atom is -0.00610 e.